The monoisotopic (exact) mass is 281 g/mol. The summed E-state index contributed by atoms with van der Waals surface area (Å²) in [6.07, 6.45) is 4.04. The summed E-state index contributed by atoms with van der Waals surface area (Å²) in [6, 6.07) is 0.678. The van der Waals surface area contributed by atoms with Crippen LogP contribution in [0.5, 0.6) is 0 Å². The molecule has 0 radical (unpaired) electrons. The van der Waals surface area contributed by atoms with Crippen LogP contribution in [0.15, 0.2) is 5.38 Å². The summed E-state index contributed by atoms with van der Waals surface area (Å²) in [5.41, 5.74) is 1.24. The summed E-state index contributed by atoms with van der Waals surface area (Å²) >= 11 is 1.80. The van der Waals surface area contributed by atoms with Crippen molar-refractivity contribution >= 4 is 11.3 Å². The third kappa shape index (κ3) is 4.55. The van der Waals surface area contributed by atoms with Gasteiger partial charge >= 0.3 is 0 Å². The van der Waals surface area contributed by atoms with E-state index >= 15 is 0 Å². The molecule has 1 aromatic heterocycles. The van der Waals surface area contributed by atoms with Gasteiger partial charge in [0.05, 0.1) is 10.7 Å². The molecule has 0 spiro atoms. The number of rotatable bonds is 6. The largest absolute Gasteiger partial charge is 0.313 e. The molecule has 0 amide bonds. The third-order valence-electron chi connectivity index (χ3n) is 3.79. The van der Waals surface area contributed by atoms with E-state index in [1.807, 2.05) is 0 Å². The first-order chi connectivity index (χ1) is 9.19. The Morgan fingerprint density at radius 3 is 2.89 bits per heavy atom. The minimum Gasteiger partial charge on any atom is -0.313 e. The molecule has 1 N–H and O–H groups in total. The molecule has 1 aromatic rings. The Morgan fingerprint density at radius 2 is 2.32 bits per heavy atom. The second-order valence-corrected chi connectivity index (χ2v) is 6.70. The number of nitrogens with one attached hydrogen (secondary N) is 1. The van der Waals surface area contributed by atoms with Gasteiger partial charge in [0.2, 0.25) is 0 Å². The van der Waals surface area contributed by atoms with Gasteiger partial charge in [-0.3, -0.25) is 4.90 Å². The van der Waals surface area contributed by atoms with Gasteiger partial charge in [0, 0.05) is 30.4 Å². The molecule has 1 atom stereocenters. The zero-order valence-corrected chi connectivity index (χ0v) is 13.3. The van der Waals surface area contributed by atoms with Crippen molar-refractivity contribution < 1.29 is 0 Å². The number of hydrogen-bond acceptors (Lipinski definition) is 4. The van der Waals surface area contributed by atoms with Crippen molar-refractivity contribution in [3.05, 3.63) is 16.1 Å². The van der Waals surface area contributed by atoms with Gasteiger partial charge in [0.1, 0.15) is 0 Å². The molecule has 2 rings (SSSR count). The van der Waals surface area contributed by atoms with Crippen molar-refractivity contribution in [2.45, 2.75) is 58.5 Å². The number of nitrogens with zero attached hydrogens (tertiary/aromatic N) is 2. The molecule has 2 heterocycles. The number of aromatic nitrogens is 1. The minimum absolute atomic E-state index is 0.550. The van der Waals surface area contributed by atoms with Crippen LogP contribution in [-0.2, 0) is 6.54 Å². The van der Waals surface area contributed by atoms with E-state index in [9.17, 15) is 0 Å². The van der Waals surface area contributed by atoms with E-state index < -0.39 is 0 Å². The lowest BCUT2D eigenvalue weighted by Crippen LogP contribution is -2.43. The molecular formula is C15H27N3S. The normalized spacial score (nSPS) is 20.4. The van der Waals surface area contributed by atoms with Crippen LogP contribution in [-0.4, -0.2) is 35.6 Å². The highest BCUT2D eigenvalue weighted by Gasteiger charge is 2.17. The lowest BCUT2D eigenvalue weighted by atomic mass is 10.0. The summed E-state index contributed by atoms with van der Waals surface area (Å²) in [4.78, 5) is 7.26. The maximum atomic E-state index is 4.75. The van der Waals surface area contributed by atoms with Gasteiger partial charge in [-0.1, -0.05) is 27.2 Å². The van der Waals surface area contributed by atoms with E-state index in [0.29, 0.717) is 12.0 Å². The first-order valence-electron chi connectivity index (χ1n) is 7.59. The van der Waals surface area contributed by atoms with Crippen LogP contribution in [0.4, 0.5) is 0 Å². The highest BCUT2D eigenvalue weighted by atomic mass is 32.1. The van der Waals surface area contributed by atoms with E-state index in [-0.39, 0.29) is 0 Å². The second kappa shape index (κ2) is 7.36. The molecule has 0 aromatic carbocycles. The first-order valence-corrected chi connectivity index (χ1v) is 8.47. The van der Waals surface area contributed by atoms with E-state index in [0.717, 1.165) is 19.6 Å². The summed E-state index contributed by atoms with van der Waals surface area (Å²) in [7, 11) is 0. The average Bonchev–Trinajstić information content (AvgIpc) is 2.88. The van der Waals surface area contributed by atoms with Crippen molar-refractivity contribution in [3.63, 3.8) is 0 Å². The molecule has 1 unspecified atom stereocenters. The molecule has 1 aliphatic rings. The quantitative estimate of drug-likeness (QED) is 0.867. The van der Waals surface area contributed by atoms with Gasteiger partial charge in [0.25, 0.3) is 0 Å². The Bertz CT molecular complexity index is 369. The van der Waals surface area contributed by atoms with Gasteiger partial charge in [-0.25, -0.2) is 4.98 Å². The Labute approximate surface area is 121 Å². The van der Waals surface area contributed by atoms with Crippen LogP contribution in [0.25, 0.3) is 0 Å². The molecule has 1 aliphatic heterocycles. The molecule has 108 valence electrons. The molecule has 1 fully saturated rings. The Morgan fingerprint density at radius 1 is 1.47 bits per heavy atom. The SMILES string of the molecule is CCN(Cc1csc(C(C)C)n1)CC1CCCCN1. The first kappa shape index (κ1) is 14.9. The third-order valence-corrected chi connectivity index (χ3v) is 4.98. The molecule has 0 bridgehead atoms. The van der Waals surface area contributed by atoms with Gasteiger partial charge in [0.15, 0.2) is 0 Å². The van der Waals surface area contributed by atoms with E-state index in [4.69, 9.17) is 4.98 Å². The van der Waals surface area contributed by atoms with Crippen LogP contribution in [0.1, 0.15) is 56.7 Å². The zero-order valence-electron chi connectivity index (χ0n) is 12.5. The van der Waals surface area contributed by atoms with Crippen LogP contribution in [0.2, 0.25) is 0 Å². The second-order valence-electron chi connectivity index (χ2n) is 5.81. The number of hydrogen-bond donors (Lipinski definition) is 1. The van der Waals surface area contributed by atoms with Crippen molar-refractivity contribution in [1.82, 2.24) is 15.2 Å². The van der Waals surface area contributed by atoms with Crippen molar-refractivity contribution in [2.75, 3.05) is 19.6 Å². The highest BCUT2D eigenvalue weighted by Crippen LogP contribution is 2.20. The van der Waals surface area contributed by atoms with E-state index in [1.165, 1.54) is 36.5 Å². The lowest BCUT2D eigenvalue weighted by Gasteiger charge is -2.29. The maximum Gasteiger partial charge on any atom is 0.0954 e. The highest BCUT2D eigenvalue weighted by molar-refractivity contribution is 7.09. The van der Waals surface area contributed by atoms with Gasteiger partial charge in [-0.05, 0) is 25.9 Å². The van der Waals surface area contributed by atoms with E-state index in [2.05, 4.69) is 36.4 Å². The number of likely N-dealkylation sites (N-methyl/N-ethyl adjacent to an activating group) is 1. The Balaban J connectivity index is 1.86. The van der Waals surface area contributed by atoms with Crippen molar-refractivity contribution in [2.24, 2.45) is 0 Å². The molecule has 0 aliphatic carbocycles. The minimum atomic E-state index is 0.550. The fourth-order valence-corrected chi connectivity index (χ4v) is 3.41. The number of thiazole rings is 1. The smallest absolute Gasteiger partial charge is 0.0954 e. The van der Waals surface area contributed by atoms with Crippen LogP contribution in [0.3, 0.4) is 0 Å². The molecular weight excluding hydrogens is 254 g/mol. The Hall–Kier alpha value is -0.450. The van der Waals surface area contributed by atoms with Crippen LogP contribution >= 0.6 is 11.3 Å². The van der Waals surface area contributed by atoms with Gasteiger partial charge < -0.3 is 5.32 Å². The maximum absolute atomic E-state index is 4.75. The summed E-state index contributed by atoms with van der Waals surface area (Å²) in [6.45, 7) is 11.1. The summed E-state index contributed by atoms with van der Waals surface area (Å²) in [5.74, 6) is 0.550. The van der Waals surface area contributed by atoms with Crippen LogP contribution < -0.4 is 5.32 Å². The molecule has 19 heavy (non-hydrogen) atoms. The van der Waals surface area contributed by atoms with E-state index in [1.54, 1.807) is 11.3 Å². The van der Waals surface area contributed by atoms with Crippen LogP contribution in [0, 0.1) is 0 Å². The fourth-order valence-electron chi connectivity index (χ4n) is 2.59. The summed E-state index contributed by atoms with van der Waals surface area (Å²) < 4.78 is 0. The topological polar surface area (TPSA) is 28.2 Å². The molecule has 1 saturated heterocycles. The standard InChI is InChI=1S/C15H27N3S/c1-4-18(9-13-7-5-6-8-16-13)10-14-11-19-15(17-14)12(2)3/h11-13,16H,4-10H2,1-3H3. The predicted octanol–water partition coefficient (Wildman–Crippen LogP) is 3.23. The molecule has 0 saturated carbocycles. The van der Waals surface area contributed by atoms with Gasteiger partial charge in [-0.2, -0.15) is 0 Å². The zero-order chi connectivity index (χ0) is 13.7. The van der Waals surface area contributed by atoms with Crippen molar-refractivity contribution in [1.29, 1.82) is 0 Å². The lowest BCUT2D eigenvalue weighted by molar-refractivity contribution is 0.224. The molecule has 4 heteroatoms. The predicted molar refractivity (Wildman–Crippen MR) is 82.8 cm³/mol. The molecule has 3 nitrogen and oxygen atoms in total. The Kier molecular flexibility index (Phi) is 5.79. The van der Waals surface area contributed by atoms with Gasteiger partial charge in [-0.15, -0.1) is 11.3 Å². The summed E-state index contributed by atoms with van der Waals surface area (Å²) in [5, 5.41) is 7.13. The number of piperidine rings is 1. The fraction of sp³-hybridized carbons (Fsp3) is 0.800. The van der Waals surface area contributed by atoms with Crippen molar-refractivity contribution in [3.8, 4) is 0 Å². The average molecular weight is 281 g/mol.